The first-order valence-corrected chi connectivity index (χ1v) is 6.84. The molecule has 1 aromatic carbocycles. The van der Waals surface area contributed by atoms with Gasteiger partial charge in [-0.15, -0.1) is 0 Å². The number of nitro benzene ring substituents is 1. The highest BCUT2D eigenvalue weighted by Gasteiger charge is 2.27. The lowest BCUT2D eigenvalue weighted by Crippen LogP contribution is -2.39. The van der Waals surface area contributed by atoms with Crippen LogP contribution in [0.2, 0.25) is 0 Å². The molecule has 6 heteroatoms. The third-order valence-electron chi connectivity index (χ3n) is 2.73. The van der Waals surface area contributed by atoms with Crippen LogP contribution in [0.5, 0.6) is 0 Å². The van der Waals surface area contributed by atoms with E-state index in [1.54, 1.807) is 12.1 Å². The molecule has 0 saturated heterocycles. The number of esters is 1. The smallest absolute Gasteiger partial charge is 0.329 e. The number of hydrogen-bond acceptors (Lipinski definition) is 5. The zero-order chi connectivity index (χ0) is 16.2. The Kier molecular flexibility index (Phi) is 5.29. The van der Waals surface area contributed by atoms with Crippen molar-refractivity contribution >= 4 is 17.3 Å². The van der Waals surface area contributed by atoms with E-state index in [0.717, 1.165) is 0 Å². The van der Waals surface area contributed by atoms with Crippen LogP contribution in [-0.4, -0.2) is 22.5 Å². The normalized spacial score (nSPS) is 12.9. The standard InChI is InChI=1S/C15H22N2O4/c1-10(2)13(14(18)21-15(3,4)5)16-11-6-8-12(9-7-11)17(19)20/h6-10,13,16H,1-5H3/t13-/m0/s1. The summed E-state index contributed by atoms with van der Waals surface area (Å²) in [5.41, 5.74) is 0.102. The number of hydrogen-bond donors (Lipinski definition) is 1. The van der Waals surface area contributed by atoms with Crippen LogP contribution in [0.3, 0.4) is 0 Å². The summed E-state index contributed by atoms with van der Waals surface area (Å²) in [6, 6.07) is 5.45. The molecule has 0 amide bonds. The number of ether oxygens (including phenoxy) is 1. The van der Waals surface area contributed by atoms with Crippen molar-refractivity contribution in [2.45, 2.75) is 46.3 Å². The predicted octanol–water partition coefficient (Wildman–Crippen LogP) is 3.37. The van der Waals surface area contributed by atoms with Crippen molar-refractivity contribution < 1.29 is 14.5 Å². The van der Waals surface area contributed by atoms with Gasteiger partial charge in [0, 0.05) is 17.8 Å². The topological polar surface area (TPSA) is 81.5 Å². The molecule has 0 aliphatic carbocycles. The average Bonchev–Trinajstić information content (AvgIpc) is 2.33. The Hall–Kier alpha value is -2.11. The van der Waals surface area contributed by atoms with E-state index < -0.39 is 16.6 Å². The molecular formula is C15H22N2O4. The first kappa shape index (κ1) is 16.9. The SMILES string of the molecule is CC(C)[C@H](Nc1ccc([N+](=O)[O-])cc1)C(=O)OC(C)(C)C. The predicted molar refractivity (Wildman–Crippen MR) is 81.2 cm³/mol. The van der Waals surface area contributed by atoms with Crippen molar-refractivity contribution in [3.05, 3.63) is 34.4 Å². The fourth-order valence-corrected chi connectivity index (χ4v) is 1.72. The van der Waals surface area contributed by atoms with Gasteiger partial charge in [-0.2, -0.15) is 0 Å². The van der Waals surface area contributed by atoms with E-state index in [1.807, 2.05) is 34.6 Å². The van der Waals surface area contributed by atoms with Gasteiger partial charge in [0.1, 0.15) is 11.6 Å². The molecular weight excluding hydrogens is 272 g/mol. The fourth-order valence-electron chi connectivity index (χ4n) is 1.72. The zero-order valence-corrected chi connectivity index (χ0v) is 13.0. The van der Waals surface area contributed by atoms with Crippen molar-refractivity contribution in [3.8, 4) is 0 Å². The summed E-state index contributed by atoms with van der Waals surface area (Å²) >= 11 is 0. The summed E-state index contributed by atoms with van der Waals surface area (Å²) in [6.45, 7) is 9.26. The molecule has 0 radical (unpaired) electrons. The summed E-state index contributed by atoms with van der Waals surface area (Å²) < 4.78 is 5.39. The molecule has 6 nitrogen and oxygen atoms in total. The molecule has 0 spiro atoms. The third kappa shape index (κ3) is 5.41. The number of anilines is 1. The number of rotatable bonds is 5. The van der Waals surface area contributed by atoms with Crippen molar-refractivity contribution in [1.29, 1.82) is 0 Å². The van der Waals surface area contributed by atoms with Crippen LogP contribution in [0, 0.1) is 16.0 Å². The molecule has 0 aliphatic rings. The van der Waals surface area contributed by atoms with E-state index in [-0.39, 0.29) is 17.6 Å². The minimum Gasteiger partial charge on any atom is -0.458 e. The minimum absolute atomic E-state index is 0.0129. The highest BCUT2D eigenvalue weighted by atomic mass is 16.6. The van der Waals surface area contributed by atoms with Gasteiger partial charge in [-0.25, -0.2) is 4.79 Å². The summed E-state index contributed by atoms with van der Waals surface area (Å²) in [7, 11) is 0. The van der Waals surface area contributed by atoms with E-state index in [2.05, 4.69) is 5.32 Å². The van der Waals surface area contributed by atoms with Crippen LogP contribution in [0.15, 0.2) is 24.3 Å². The molecule has 1 atom stereocenters. The van der Waals surface area contributed by atoms with E-state index >= 15 is 0 Å². The lowest BCUT2D eigenvalue weighted by atomic mass is 10.0. The number of carbonyl (C=O) groups excluding carboxylic acids is 1. The second kappa shape index (κ2) is 6.56. The minimum atomic E-state index is -0.554. The molecule has 0 bridgehead atoms. The Morgan fingerprint density at radius 1 is 1.24 bits per heavy atom. The van der Waals surface area contributed by atoms with Gasteiger partial charge in [0.05, 0.1) is 4.92 Å². The van der Waals surface area contributed by atoms with Crippen LogP contribution in [-0.2, 0) is 9.53 Å². The zero-order valence-electron chi connectivity index (χ0n) is 13.0. The van der Waals surface area contributed by atoms with Crippen molar-refractivity contribution in [2.24, 2.45) is 5.92 Å². The van der Waals surface area contributed by atoms with E-state index in [9.17, 15) is 14.9 Å². The lowest BCUT2D eigenvalue weighted by Gasteiger charge is -2.27. The quantitative estimate of drug-likeness (QED) is 0.511. The first-order chi connectivity index (χ1) is 9.60. The summed E-state index contributed by atoms with van der Waals surface area (Å²) in [5, 5.41) is 13.7. The Bertz CT molecular complexity index is 503. The van der Waals surface area contributed by atoms with Gasteiger partial charge in [0.25, 0.3) is 5.69 Å². The number of nitrogens with one attached hydrogen (secondary N) is 1. The second-order valence-corrected chi connectivity index (χ2v) is 6.20. The number of carbonyl (C=O) groups is 1. The van der Waals surface area contributed by atoms with Gasteiger partial charge in [-0.05, 0) is 38.8 Å². The monoisotopic (exact) mass is 294 g/mol. The van der Waals surface area contributed by atoms with Crippen molar-refractivity contribution in [2.75, 3.05) is 5.32 Å². The molecule has 0 aliphatic heterocycles. The van der Waals surface area contributed by atoms with Crippen LogP contribution in [0.25, 0.3) is 0 Å². The third-order valence-corrected chi connectivity index (χ3v) is 2.73. The van der Waals surface area contributed by atoms with Crippen LogP contribution in [0.4, 0.5) is 11.4 Å². The number of nitrogens with zero attached hydrogens (tertiary/aromatic N) is 1. The molecule has 21 heavy (non-hydrogen) atoms. The number of non-ortho nitro benzene ring substituents is 1. The summed E-state index contributed by atoms with van der Waals surface area (Å²) in [6.07, 6.45) is 0. The molecule has 0 aromatic heterocycles. The van der Waals surface area contributed by atoms with Gasteiger partial charge in [0.2, 0.25) is 0 Å². The van der Waals surface area contributed by atoms with Gasteiger partial charge in [-0.3, -0.25) is 10.1 Å². The maximum absolute atomic E-state index is 12.2. The second-order valence-electron chi connectivity index (χ2n) is 6.20. The molecule has 0 saturated carbocycles. The summed E-state index contributed by atoms with van der Waals surface area (Å²) in [5.74, 6) is -0.314. The Morgan fingerprint density at radius 3 is 2.14 bits per heavy atom. The van der Waals surface area contributed by atoms with Gasteiger partial charge >= 0.3 is 5.97 Å². The van der Waals surface area contributed by atoms with Crippen LogP contribution >= 0.6 is 0 Å². The van der Waals surface area contributed by atoms with Crippen LogP contribution < -0.4 is 5.32 Å². The fraction of sp³-hybridized carbons (Fsp3) is 0.533. The van der Waals surface area contributed by atoms with E-state index in [0.29, 0.717) is 5.69 Å². The molecule has 1 aromatic rings. The highest BCUT2D eigenvalue weighted by molar-refractivity contribution is 5.80. The van der Waals surface area contributed by atoms with Crippen LogP contribution in [0.1, 0.15) is 34.6 Å². The highest BCUT2D eigenvalue weighted by Crippen LogP contribution is 2.20. The number of nitro groups is 1. The lowest BCUT2D eigenvalue weighted by molar-refractivity contribution is -0.384. The molecule has 0 unspecified atom stereocenters. The Morgan fingerprint density at radius 2 is 1.76 bits per heavy atom. The molecule has 1 rings (SSSR count). The average molecular weight is 294 g/mol. The molecule has 0 heterocycles. The van der Waals surface area contributed by atoms with E-state index in [1.165, 1.54) is 12.1 Å². The first-order valence-electron chi connectivity index (χ1n) is 6.84. The van der Waals surface area contributed by atoms with E-state index in [4.69, 9.17) is 4.74 Å². The van der Waals surface area contributed by atoms with Gasteiger partial charge in [0.15, 0.2) is 0 Å². The van der Waals surface area contributed by atoms with Gasteiger partial charge < -0.3 is 10.1 Å². The van der Waals surface area contributed by atoms with Gasteiger partial charge in [-0.1, -0.05) is 13.8 Å². The summed E-state index contributed by atoms with van der Waals surface area (Å²) in [4.78, 5) is 22.3. The molecule has 116 valence electrons. The van der Waals surface area contributed by atoms with Crippen molar-refractivity contribution in [1.82, 2.24) is 0 Å². The maximum Gasteiger partial charge on any atom is 0.329 e. The number of benzene rings is 1. The molecule has 1 N–H and O–H groups in total. The molecule has 0 fully saturated rings. The van der Waals surface area contributed by atoms with Crippen molar-refractivity contribution in [3.63, 3.8) is 0 Å². The largest absolute Gasteiger partial charge is 0.458 e. The maximum atomic E-state index is 12.2. The Labute approximate surface area is 124 Å². The Balaban J connectivity index is 2.83.